The van der Waals surface area contributed by atoms with Crippen molar-refractivity contribution in [1.29, 1.82) is 0 Å². The molecular formula is C33H34ClN3O4S. The van der Waals surface area contributed by atoms with Crippen LogP contribution in [0.2, 0.25) is 5.02 Å². The van der Waals surface area contributed by atoms with Crippen LogP contribution in [0.3, 0.4) is 0 Å². The van der Waals surface area contributed by atoms with E-state index in [1.807, 2.05) is 50.2 Å². The van der Waals surface area contributed by atoms with Crippen molar-refractivity contribution in [3.63, 3.8) is 0 Å². The van der Waals surface area contributed by atoms with Crippen molar-refractivity contribution >= 4 is 39.1 Å². The lowest BCUT2D eigenvalue weighted by Crippen LogP contribution is -2.53. The highest BCUT2D eigenvalue weighted by molar-refractivity contribution is 7.92. The van der Waals surface area contributed by atoms with Crippen molar-refractivity contribution in [3.05, 3.63) is 130 Å². The molecule has 0 spiro atoms. The van der Waals surface area contributed by atoms with E-state index < -0.39 is 28.5 Å². The molecule has 0 saturated carbocycles. The van der Waals surface area contributed by atoms with Gasteiger partial charge in [-0.3, -0.25) is 13.9 Å². The molecule has 1 N–H and O–H groups in total. The minimum absolute atomic E-state index is 0.0683. The number of carbonyl (C=O) groups excluding carboxylic acids is 2. The van der Waals surface area contributed by atoms with E-state index in [0.29, 0.717) is 10.7 Å². The van der Waals surface area contributed by atoms with Gasteiger partial charge < -0.3 is 10.2 Å². The van der Waals surface area contributed by atoms with E-state index in [4.69, 9.17) is 11.6 Å². The van der Waals surface area contributed by atoms with Crippen LogP contribution < -0.4 is 9.62 Å². The summed E-state index contributed by atoms with van der Waals surface area (Å²) >= 11 is 6.10. The summed E-state index contributed by atoms with van der Waals surface area (Å²) in [7, 11) is -2.62. The molecule has 7 nitrogen and oxygen atoms in total. The van der Waals surface area contributed by atoms with Crippen molar-refractivity contribution in [3.8, 4) is 0 Å². The molecule has 0 saturated heterocycles. The lowest BCUT2D eigenvalue weighted by atomic mass is 10.0. The third kappa shape index (κ3) is 7.57. The van der Waals surface area contributed by atoms with Crippen molar-refractivity contribution < 1.29 is 18.0 Å². The number of rotatable bonds is 11. The fourth-order valence-corrected chi connectivity index (χ4v) is 6.19. The second-order valence-electron chi connectivity index (χ2n) is 10.1. The zero-order chi connectivity index (χ0) is 30.3. The Hall–Kier alpha value is -4.14. The third-order valence-corrected chi connectivity index (χ3v) is 9.00. The minimum atomic E-state index is -4.14. The van der Waals surface area contributed by atoms with Gasteiger partial charge in [-0.2, -0.15) is 0 Å². The maximum atomic E-state index is 14.3. The van der Waals surface area contributed by atoms with Gasteiger partial charge in [0.15, 0.2) is 0 Å². The normalized spacial score (nSPS) is 11.9. The Bertz CT molecular complexity index is 1630. The average molecular weight is 604 g/mol. The number of nitrogens with one attached hydrogen (secondary N) is 1. The van der Waals surface area contributed by atoms with E-state index in [0.717, 1.165) is 26.6 Å². The van der Waals surface area contributed by atoms with Crippen molar-refractivity contribution in [2.75, 3.05) is 17.9 Å². The van der Waals surface area contributed by atoms with Gasteiger partial charge in [-0.15, -0.1) is 0 Å². The molecule has 42 heavy (non-hydrogen) atoms. The molecule has 4 aromatic carbocycles. The highest BCUT2D eigenvalue weighted by Crippen LogP contribution is 2.26. The number of aryl methyl sites for hydroxylation is 2. The lowest BCUT2D eigenvalue weighted by Gasteiger charge is -2.33. The molecule has 1 atom stereocenters. The first-order valence-corrected chi connectivity index (χ1v) is 15.4. The lowest BCUT2D eigenvalue weighted by molar-refractivity contribution is -0.139. The highest BCUT2D eigenvalue weighted by Gasteiger charge is 2.34. The van der Waals surface area contributed by atoms with E-state index in [2.05, 4.69) is 5.32 Å². The van der Waals surface area contributed by atoms with E-state index in [1.165, 1.54) is 24.1 Å². The van der Waals surface area contributed by atoms with E-state index >= 15 is 0 Å². The number of likely N-dealkylation sites (N-methyl/N-ethyl adjacent to an activating group) is 1. The molecule has 0 aliphatic rings. The van der Waals surface area contributed by atoms with Crippen LogP contribution in [0.4, 0.5) is 5.69 Å². The molecule has 4 aromatic rings. The number of amides is 2. The van der Waals surface area contributed by atoms with Gasteiger partial charge >= 0.3 is 0 Å². The molecule has 0 unspecified atom stereocenters. The Morgan fingerprint density at radius 3 is 2.10 bits per heavy atom. The topological polar surface area (TPSA) is 86.8 Å². The summed E-state index contributed by atoms with van der Waals surface area (Å²) in [6, 6.07) is 29.0. The Balaban J connectivity index is 1.78. The first-order chi connectivity index (χ1) is 20.1. The summed E-state index contributed by atoms with van der Waals surface area (Å²) in [5, 5.41) is 3.22. The Labute approximate surface area is 252 Å². The van der Waals surface area contributed by atoms with Crippen molar-refractivity contribution in [2.24, 2.45) is 0 Å². The molecule has 2 amide bonds. The van der Waals surface area contributed by atoms with Crippen molar-refractivity contribution in [2.45, 2.75) is 37.8 Å². The van der Waals surface area contributed by atoms with Gasteiger partial charge in [0, 0.05) is 25.0 Å². The summed E-state index contributed by atoms with van der Waals surface area (Å²) in [6.45, 7) is 3.30. The second kappa shape index (κ2) is 13.7. The summed E-state index contributed by atoms with van der Waals surface area (Å²) in [4.78, 5) is 29.1. The number of carbonyl (C=O) groups is 2. The summed E-state index contributed by atoms with van der Waals surface area (Å²) in [5.41, 5.74) is 3.72. The van der Waals surface area contributed by atoms with Gasteiger partial charge in [0.2, 0.25) is 11.8 Å². The zero-order valence-corrected chi connectivity index (χ0v) is 25.4. The zero-order valence-electron chi connectivity index (χ0n) is 23.8. The quantitative estimate of drug-likeness (QED) is 0.244. The summed E-state index contributed by atoms with van der Waals surface area (Å²) < 4.78 is 29.2. The molecule has 9 heteroatoms. The van der Waals surface area contributed by atoms with E-state index in [-0.39, 0.29) is 23.8 Å². The Morgan fingerprint density at radius 1 is 0.810 bits per heavy atom. The minimum Gasteiger partial charge on any atom is -0.357 e. The SMILES string of the molecule is CNC(=O)[C@H](Cc1ccccc1)N(Cc1ccc(Cl)cc1)C(=O)CN(c1cccc(C)c1)S(=O)(=O)c1ccc(C)cc1. The van der Waals surface area contributed by atoms with Crippen LogP contribution in [0.25, 0.3) is 0 Å². The largest absolute Gasteiger partial charge is 0.357 e. The third-order valence-electron chi connectivity index (χ3n) is 6.96. The van der Waals surface area contributed by atoms with Crippen LogP contribution in [0.1, 0.15) is 22.3 Å². The van der Waals surface area contributed by atoms with E-state index in [9.17, 15) is 18.0 Å². The number of halogens is 1. The molecule has 0 radical (unpaired) electrons. The summed E-state index contributed by atoms with van der Waals surface area (Å²) in [6.07, 6.45) is 0.245. The van der Waals surface area contributed by atoms with E-state index in [1.54, 1.807) is 54.6 Å². The van der Waals surface area contributed by atoms with Gasteiger partial charge in [-0.05, 0) is 66.9 Å². The maximum absolute atomic E-state index is 14.3. The number of hydrogen-bond donors (Lipinski definition) is 1. The standard InChI is InChI=1S/C33H34ClN3O4S/c1-24-12-18-30(19-13-24)42(40,41)37(29-11-7-8-25(2)20-29)23-32(38)36(22-27-14-16-28(34)17-15-27)31(33(39)35-3)21-26-9-5-4-6-10-26/h4-20,31H,21-23H2,1-3H3,(H,35,39)/t31-/m0/s1. The monoisotopic (exact) mass is 603 g/mol. The molecule has 0 heterocycles. The van der Waals surface area contributed by atoms with Crippen LogP contribution in [0, 0.1) is 13.8 Å². The predicted molar refractivity (Wildman–Crippen MR) is 167 cm³/mol. The van der Waals surface area contributed by atoms with Gasteiger partial charge in [0.25, 0.3) is 10.0 Å². The van der Waals surface area contributed by atoms with Crippen LogP contribution in [-0.2, 0) is 32.6 Å². The molecule has 0 aliphatic heterocycles. The van der Waals surface area contributed by atoms with Gasteiger partial charge in [-0.25, -0.2) is 8.42 Å². The predicted octanol–water partition coefficient (Wildman–Crippen LogP) is 5.54. The number of benzene rings is 4. The fraction of sp³-hybridized carbons (Fsp3) is 0.212. The van der Waals surface area contributed by atoms with Gasteiger partial charge in [-0.1, -0.05) is 83.9 Å². The smallest absolute Gasteiger partial charge is 0.264 e. The molecule has 0 aliphatic carbocycles. The van der Waals surface area contributed by atoms with Gasteiger partial charge in [0.05, 0.1) is 10.6 Å². The first kappa shape index (κ1) is 30.8. The van der Waals surface area contributed by atoms with Gasteiger partial charge in [0.1, 0.15) is 12.6 Å². The Morgan fingerprint density at radius 2 is 1.48 bits per heavy atom. The molecule has 0 fully saturated rings. The molecule has 4 rings (SSSR count). The maximum Gasteiger partial charge on any atom is 0.264 e. The first-order valence-electron chi connectivity index (χ1n) is 13.5. The Kier molecular flexibility index (Phi) is 10.0. The molecular weight excluding hydrogens is 570 g/mol. The van der Waals surface area contributed by atoms with Crippen LogP contribution >= 0.6 is 11.6 Å². The number of anilines is 1. The number of hydrogen-bond acceptors (Lipinski definition) is 4. The number of sulfonamides is 1. The molecule has 218 valence electrons. The molecule has 0 bridgehead atoms. The van der Waals surface area contributed by atoms with Crippen LogP contribution in [0.15, 0.2) is 108 Å². The highest BCUT2D eigenvalue weighted by atomic mass is 35.5. The summed E-state index contributed by atoms with van der Waals surface area (Å²) in [5.74, 6) is -0.878. The second-order valence-corrected chi connectivity index (χ2v) is 12.4. The average Bonchev–Trinajstić information content (AvgIpc) is 2.98. The number of nitrogens with zero attached hydrogens (tertiary/aromatic N) is 2. The van der Waals surface area contributed by atoms with Crippen LogP contribution in [0.5, 0.6) is 0 Å². The fourth-order valence-electron chi connectivity index (χ4n) is 4.66. The van der Waals surface area contributed by atoms with Crippen molar-refractivity contribution in [1.82, 2.24) is 10.2 Å². The van der Waals surface area contributed by atoms with Crippen LogP contribution in [-0.4, -0.2) is 44.8 Å². The molecule has 0 aromatic heterocycles.